The SMILES string of the molecule is CC/C=C\C/C=C\C/C=C\C/C=C\C/C=C\C/C=C\C/C=C\CCCCCCCCCCCC(=O)OCC(COC(=O)CCCCCCC/C=C\C/C=C\C/C=C\CC)OC(=O)CC/C=C\C/C=C\C/C=C\C/C=C\C/C=C\C/C=C\CC. The molecule has 1 atom stereocenters. The molecule has 0 aromatic rings. The van der Waals surface area contributed by atoms with Gasteiger partial charge < -0.3 is 14.2 Å². The molecule has 0 aliphatic rings. The van der Waals surface area contributed by atoms with Crippen LogP contribution in [0.5, 0.6) is 0 Å². The Hall–Kier alpha value is -5.75. The maximum absolute atomic E-state index is 12.9. The van der Waals surface area contributed by atoms with Gasteiger partial charge in [0.2, 0.25) is 0 Å². The molecule has 462 valence electrons. The Labute approximate surface area is 509 Å². The molecule has 6 nitrogen and oxygen atoms in total. The number of hydrogen-bond acceptors (Lipinski definition) is 6. The fraction of sp³-hybridized carbons (Fsp3) is 0.545. The van der Waals surface area contributed by atoms with E-state index in [0.29, 0.717) is 19.3 Å². The predicted molar refractivity (Wildman–Crippen MR) is 361 cm³/mol. The van der Waals surface area contributed by atoms with Crippen LogP contribution in [0.15, 0.2) is 194 Å². The van der Waals surface area contributed by atoms with Crippen LogP contribution < -0.4 is 0 Å². The van der Waals surface area contributed by atoms with Crippen molar-refractivity contribution < 1.29 is 28.6 Å². The molecule has 0 saturated carbocycles. The first-order chi connectivity index (χ1) is 41.0. The zero-order valence-electron chi connectivity index (χ0n) is 52.9. The largest absolute Gasteiger partial charge is 0.462 e. The predicted octanol–water partition coefficient (Wildman–Crippen LogP) is 23.0. The van der Waals surface area contributed by atoms with Crippen LogP contribution in [0, 0.1) is 0 Å². The van der Waals surface area contributed by atoms with Gasteiger partial charge in [0.1, 0.15) is 13.2 Å². The second-order valence-electron chi connectivity index (χ2n) is 20.9. The summed E-state index contributed by atoms with van der Waals surface area (Å²) < 4.78 is 16.8. The Morgan fingerprint density at radius 2 is 0.458 bits per heavy atom. The molecule has 0 aromatic carbocycles. The van der Waals surface area contributed by atoms with Gasteiger partial charge >= 0.3 is 17.9 Å². The molecule has 1 unspecified atom stereocenters. The molecule has 0 N–H and O–H groups in total. The van der Waals surface area contributed by atoms with Crippen LogP contribution >= 0.6 is 0 Å². The van der Waals surface area contributed by atoms with Gasteiger partial charge in [-0.1, -0.05) is 279 Å². The number of carbonyl (C=O) groups excluding carboxylic acids is 3. The van der Waals surface area contributed by atoms with Gasteiger partial charge in [-0.05, 0) is 148 Å². The van der Waals surface area contributed by atoms with Gasteiger partial charge in [-0.15, -0.1) is 0 Å². The van der Waals surface area contributed by atoms with Crippen molar-refractivity contribution in [2.24, 2.45) is 0 Å². The molecule has 0 fully saturated rings. The Balaban J connectivity index is 4.45. The minimum Gasteiger partial charge on any atom is -0.462 e. The van der Waals surface area contributed by atoms with Crippen molar-refractivity contribution in [3.05, 3.63) is 194 Å². The molecular formula is C77H118O6. The van der Waals surface area contributed by atoms with E-state index >= 15 is 0 Å². The summed E-state index contributed by atoms with van der Waals surface area (Å²) in [7, 11) is 0. The number of ether oxygens (including phenoxy) is 3. The lowest BCUT2D eigenvalue weighted by molar-refractivity contribution is -0.166. The summed E-state index contributed by atoms with van der Waals surface area (Å²) in [6, 6.07) is 0. The second-order valence-corrected chi connectivity index (χ2v) is 20.9. The molecular weight excluding hydrogens is 1020 g/mol. The molecule has 0 spiro atoms. The molecule has 0 saturated heterocycles. The summed E-state index contributed by atoms with van der Waals surface area (Å²) >= 11 is 0. The zero-order valence-corrected chi connectivity index (χ0v) is 52.9. The molecule has 6 heteroatoms. The van der Waals surface area contributed by atoms with Crippen LogP contribution in [0.25, 0.3) is 0 Å². The third kappa shape index (κ3) is 66.9. The van der Waals surface area contributed by atoms with Crippen molar-refractivity contribution in [2.75, 3.05) is 13.2 Å². The summed E-state index contributed by atoms with van der Waals surface area (Å²) in [5.41, 5.74) is 0. The van der Waals surface area contributed by atoms with E-state index in [4.69, 9.17) is 14.2 Å². The number of esters is 3. The Morgan fingerprint density at radius 3 is 0.723 bits per heavy atom. The molecule has 0 radical (unpaired) electrons. The average Bonchev–Trinajstić information content (AvgIpc) is 3.49. The van der Waals surface area contributed by atoms with Gasteiger partial charge in [-0.2, -0.15) is 0 Å². The zero-order chi connectivity index (χ0) is 59.9. The van der Waals surface area contributed by atoms with Crippen molar-refractivity contribution in [1.29, 1.82) is 0 Å². The van der Waals surface area contributed by atoms with Gasteiger partial charge in [0.15, 0.2) is 6.10 Å². The van der Waals surface area contributed by atoms with Crippen LogP contribution in [-0.4, -0.2) is 37.2 Å². The van der Waals surface area contributed by atoms with Crippen LogP contribution in [-0.2, 0) is 28.6 Å². The van der Waals surface area contributed by atoms with Gasteiger partial charge in [-0.25, -0.2) is 0 Å². The van der Waals surface area contributed by atoms with E-state index in [1.807, 2.05) is 12.2 Å². The fourth-order valence-corrected chi connectivity index (χ4v) is 8.29. The normalized spacial score (nSPS) is 13.4. The molecule has 0 rings (SSSR count). The van der Waals surface area contributed by atoms with Gasteiger partial charge in [-0.3, -0.25) is 14.4 Å². The molecule has 0 aliphatic heterocycles. The van der Waals surface area contributed by atoms with Crippen LogP contribution in [0.1, 0.15) is 252 Å². The summed E-state index contributed by atoms with van der Waals surface area (Å²) in [6.45, 7) is 6.21. The molecule has 83 heavy (non-hydrogen) atoms. The van der Waals surface area contributed by atoms with Gasteiger partial charge in [0.25, 0.3) is 0 Å². The van der Waals surface area contributed by atoms with Crippen molar-refractivity contribution in [3.8, 4) is 0 Å². The van der Waals surface area contributed by atoms with Gasteiger partial charge in [0.05, 0.1) is 0 Å². The minimum absolute atomic E-state index is 0.127. The molecule has 0 heterocycles. The monoisotopic (exact) mass is 1140 g/mol. The van der Waals surface area contributed by atoms with E-state index in [2.05, 4.69) is 203 Å². The van der Waals surface area contributed by atoms with Crippen LogP contribution in [0.2, 0.25) is 0 Å². The maximum atomic E-state index is 12.9. The first-order valence-electron chi connectivity index (χ1n) is 32.9. The number of unbranched alkanes of at least 4 members (excludes halogenated alkanes) is 14. The number of rotatable bonds is 57. The molecule has 0 aliphatic carbocycles. The van der Waals surface area contributed by atoms with E-state index in [0.717, 1.165) is 167 Å². The van der Waals surface area contributed by atoms with Gasteiger partial charge in [0, 0.05) is 19.3 Å². The van der Waals surface area contributed by atoms with Crippen molar-refractivity contribution >= 4 is 17.9 Å². The Kier molecular flexibility index (Phi) is 64.0. The van der Waals surface area contributed by atoms with E-state index in [1.165, 1.54) is 38.5 Å². The van der Waals surface area contributed by atoms with E-state index in [9.17, 15) is 14.4 Å². The lowest BCUT2D eigenvalue weighted by atomic mass is 10.1. The Morgan fingerprint density at radius 1 is 0.241 bits per heavy atom. The van der Waals surface area contributed by atoms with E-state index in [1.54, 1.807) is 0 Å². The average molecular weight is 1140 g/mol. The topological polar surface area (TPSA) is 78.9 Å². The smallest absolute Gasteiger partial charge is 0.306 e. The fourth-order valence-electron chi connectivity index (χ4n) is 8.29. The number of allylic oxidation sites excluding steroid dienone is 32. The second kappa shape index (κ2) is 68.7. The first kappa shape index (κ1) is 77.2. The third-order valence-electron chi connectivity index (χ3n) is 13.1. The van der Waals surface area contributed by atoms with Crippen molar-refractivity contribution in [2.45, 2.75) is 258 Å². The molecule has 0 aromatic heterocycles. The standard InChI is InChI=1S/C77H118O6/c1-4-7-10-13-16-19-22-25-28-30-32-33-34-35-36-37-38-39-40-41-42-43-45-46-49-52-55-58-61-64-67-70-76(79)82-73-74(72-81-75(78)69-66-63-60-57-54-51-48-27-24-21-18-15-12-9-6-3)83-77(80)71-68-65-62-59-56-53-50-47-44-31-29-26-23-20-17-14-11-8-5-2/h7-12,16-21,25-29,32-33,35-36,38-39,41-42,44,47-48,53,56,62,65,74H,4-6,13-15,22-24,30-31,34,37,40,43,45-46,49-52,54-55,57-61,63-64,66-73H2,1-3H3/b10-7-,11-8-,12-9-,19-16-,20-17-,21-18-,28-25-,29-26-,33-32-,36-35-,39-38-,42-41-,47-44-,48-27-,56-53-,65-62-. The van der Waals surface area contributed by atoms with Crippen molar-refractivity contribution in [1.82, 2.24) is 0 Å². The van der Waals surface area contributed by atoms with E-state index in [-0.39, 0.29) is 31.6 Å². The lowest BCUT2D eigenvalue weighted by Gasteiger charge is -2.18. The Bertz CT molecular complexity index is 1990. The van der Waals surface area contributed by atoms with E-state index < -0.39 is 12.1 Å². The first-order valence-corrected chi connectivity index (χ1v) is 32.9. The quantitative estimate of drug-likeness (QED) is 0.0261. The summed E-state index contributed by atoms with van der Waals surface area (Å²) in [6.07, 6.45) is 105. The van der Waals surface area contributed by atoms with Crippen LogP contribution in [0.3, 0.4) is 0 Å². The highest BCUT2D eigenvalue weighted by Gasteiger charge is 2.19. The summed E-state index contributed by atoms with van der Waals surface area (Å²) in [5.74, 6) is -1.04. The highest BCUT2D eigenvalue weighted by atomic mass is 16.6. The molecule has 0 bridgehead atoms. The third-order valence-corrected chi connectivity index (χ3v) is 13.1. The highest BCUT2D eigenvalue weighted by Crippen LogP contribution is 2.14. The highest BCUT2D eigenvalue weighted by molar-refractivity contribution is 5.71. The maximum Gasteiger partial charge on any atom is 0.306 e. The van der Waals surface area contributed by atoms with Crippen LogP contribution in [0.4, 0.5) is 0 Å². The lowest BCUT2D eigenvalue weighted by Crippen LogP contribution is -2.30. The summed E-state index contributed by atoms with van der Waals surface area (Å²) in [4.78, 5) is 38.3. The van der Waals surface area contributed by atoms with Crippen molar-refractivity contribution in [3.63, 3.8) is 0 Å². The minimum atomic E-state index is -0.841. The molecule has 0 amide bonds. The number of hydrogen-bond donors (Lipinski definition) is 0. The summed E-state index contributed by atoms with van der Waals surface area (Å²) in [5, 5.41) is 0. The number of carbonyl (C=O) groups is 3.